The standard InChI is InChI=1S/C7H8.C5H8N2O.C5H6N2O/c1-7-5-3-2-4-6-7;1-7-4-3-6-5(7)8-2;1-8-5-4-6-2-3-7-5/h2-6H,1H3;3-4H,1-2H3;2-4H,1H3. The largest absolute Gasteiger partial charge is 0.480 e. The fraction of sp³-hybridized carbons (Fsp3) is 0.235. The minimum Gasteiger partial charge on any atom is -0.480 e. The average Bonchev–Trinajstić information content (AvgIpc) is 3.02. The Labute approximate surface area is 136 Å². The van der Waals surface area contributed by atoms with Crippen molar-refractivity contribution in [1.82, 2.24) is 19.5 Å². The summed E-state index contributed by atoms with van der Waals surface area (Å²) in [5.41, 5.74) is 1.32. The first-order valence-corrected chi connectivity index (χ1v) is 7.00. The van der Waals surface area contributed by atoms with Gasteiger partial charge in [0.15, 0.2) is 0 Å². The van der Waals surface area contributed by atoms with Crippen LogP contribution in [0.1, 0.15) is 5.56 Å². The molecule has 1 aromatic carbocycles. The van der Waals surface area contributed by atoms with Gasteiger partial charge in [0.25, 0.3) is 6.01 Å². The number of imidazole rings is 1. The van der Waals surface area contributed by atoms with Gasteiger partial charge in [0.05, 0.1) is 20.4 Å². The lowest BCUT2D eigenvalue weighted by molar-refractivity contribution is 0.366. The quantitative estimate of drug-likeness (QED) is 0.728. The summed E-state index contributed by atoms with van der Waals surface area (Å²) in [5.74, 6) is 0.549. The van der Waals surface area contributed by atoms with Crippen molar-refractivity contribution in [2.75, 3.05) is 14.2 Å². The molecule has 0 unspecified atom stereocenters. The van der Waals surface area contributed by atoms with Crippen molar-refractivity contribution in [3.63, 3.8) is 0 Å². The van der Waals surface area contributed by atoms with Gasteiger partial charge in [-0.05, 0) is 6.92 Å². The van der Waals surface area contributed by atoms with E-state index in [0.717, 1.165) is 0 Å². The molecule has 0 aliphatic carbocycles. The van der Waals surface area contributed by atoms with Crippen LogP contribution in [0.15, 0.2) is 61.3 Å². The molecule has 3 aromatic rings. The smallest absolute Gasteiger partial charge is 0.295 e. The van der Waals surface area contributed by atoms with Gasteiger partial charge in [-0.25, -0.2) is 9.97 Å². The van der Waals surface area contributed by atoms with E-state index in [4.69, 9.17) is 9.47 Å². The Bertz CT molecular complexity index is 642. The molecule has 2 heterocycles. The van der Waals surface area contributed by atoms with E-state index < -0.39 is 0 Å². The summed E-state index contributed by atoms with van der Waals surface area (Å²) >= 11 is 0. The number of benzene rings is 1. The number of hydrogen-bond donors (Lipinski definition) is 0. The molecule has 0 saturated heterocycles. The van der Waals surface area contributed by atoms with Crippen LogP contribution >= 0.6 is 0 Å². The number of aromatic nitrogens is 4. The highest BCUT2D eigenvalue weighted by atomic mass is 16.5. The first-order valence-electron chi connectivity index (χ1n) is 7.00. The predicted molar refractivity (Wildman–Crippen MR) is 89.5 cm³/mol. The Balaban J connectivity index is 0.000000173. The van der Waals surface area contributed by atoms with Crippen LogP contribution in [0.25, 0.3) is 0 Å². The summed E-state index contributed by atoms with van der Waals surface area (Å²) in [6.45, 7) is 2.08. The van der Waals surface area contributed by atoms with Gasteiger partial charge in [0, 0.05) is 31.8 Å². The molecule has 0 atom stereocenters. The third kappa shape index (κ3) is 7.61. The molecule has 0 amide bonds. The number of nitrogens with zero attached hydrogens (tertiary/aromatic N) is 4. The molecule has 0 saturated carbocycles. The van der Waals surface area contributed by atoms with Crippen molar-refractivity contribution < 1.29 is 9.47 Å². The molecule has 3 rings (SSSR count). The molecule has 0 N–H and O–H groups in total. The van der Waals surface area contributed by atoms with Gasteiger partial charge in [-0.1, -0.05) is 35.9 Å². The van der Waals surface area contributed by atoms with Crippen LogP contribution in [0.5, 0.6) is 11.9 Å². The molecule has 0 radical (unpaired) electrons. The minimum atomic E-state index is 0.549. The molecule has 0 aliphatic heterocycles. The molecule has 23 heavy (non-hydrogen) atoms. The second kappa shape index (κ2) is 10.8. The van der Waals surface area contributed by atoms with Gasteiger partial charge in [0.2, 0.25) is 5.88 Å². The van der Waals surface area contributed by atoms with Gasteiger partial charge in [0.1, 0.15) is 0 Å². The van der Waals surface area contributed by atoms with E-state index in [1.165, 1.54) is 5.56 Å². The Kier molecular flexibility index (Phi) is 8.51. The molecule has 0 fully saturated rings. The fourth-order valence-corrected chi connectivity index (χ4v) is 1.47. The van der Waals surface area contributed by atoms with E-state index in [-0.39, 0.29) is 0 Å². The third-order valence-corrected chi connectivity index (χ3v) is 2.65. The van der Waals surface area contributed by atoms with Crippen molar-refractivity contribution in [2.24, 2.45) is 7.05 Å². The highest BCUT2D eigenvalue weighted by Gasteiger charge is 1.92. The zero-order chi connectivity index (χ0) is 16.9. The fourth-order valence-electron chi connectivity index (χ4n) is 1.47. The normalized spacial score (nSPS) is 8.87. The van der Waals surface area contributed by atoms with Crippen molar-refractivity contribution in [3.05, 3.63) is 66.9 Å². The van der Waals surface area contributed by atoms with Crippen LogP contribution in [-0.2, 0) is 7.05 Å². The van der Waals surface area contributed by atoms with Crippen molar-refractivity contribution >= 4 is 0 Å². The first-order chi connectivity index (χ1) is 11.2. The molecule has 0 aliphatic rings. The van der Waals surface area contributed by atoms with E-state index in [1.54, 1.807) is 43.6 Å². The SMILES string of the molecule is COc1cnccn1.COc1nccn1C.Cc1ccccc1. The van der Waals surface area contributed by atoms with Crippen LogP contribution in [0, 0.1) is 6.92 Å². The predicted octanol–water partition coefficient (Wildman–Crippen LogP) is 2.91. The van der Waals surface area contributed by atoms with Gasteiger partial charge in [-0.3, -0.25) is 4.98 Å². The maximum Gasteiger partial charge on any atom is 0.295 e. The summed E-state index contributed by atoms with van der Waals surface area (Å²) in [7, 11) is 5.04. The molecule has 6 heteroatoms. The number of hydrogen-bond acceptors (Lipinski definition) is 5. The van der Waals surface area contributed by atoms with Gasteiger partial charge in [-0.15, -0.1) is 0 Å². The molecular weight excluding hydrogens is 292 g/mol. The van der Waals surface area contributed by atoms with Crippen LogP contribution in [0.3, 0.4) is 0 Å². The Morgan fingerprint density at radius 1 is 0.913 bits per heavy atom. The Morgan fingerprint density at radius 3 is 1.96 bits per heavy atom. The number of methoxy groups -OCH3 is 2. The lowest BCUT2D eigenvalue weighted by Crippen LogP contribution is -1.92. The summed E-state index contributed by atoms with van der Waals surface area (Å²) in [6.07, 6.45) is 8.26. The highest BCUT2D eigenvalue weighted by molar-refractivity contribution is 5.11. The molecule has 0 bridgehead atoms. The maximum atomic E-state index is 4.84. The lowest BCUT2D eigenvalue weighted by Gasteiger charge is -1.94. The molecule has 0 spiro atoms. The number of aryl methyl sites for hydroxylation is 2. The molecule has 122 valence electrons. The zero-order valence-corrected chi connectivity index (χ0v) is 13.9. The summed E-state index contributed by atoms with van der Waals surface area (Å²) < 4.78 is 11.4. The summed E-state index contributed by atoms with van der Waals surface area (Å²) in [6, 6.07) is 10.9. The van der Waals surface area contributed by atoms with Crippen molar-refractivity contribution in [3.8, 4) is 11.9 Å². The monoisotopic (exact) mass is 314 g/mol. The van der Waals surface area contributed by atoms with Crippen molar-refractivity contribution in [2.45, 2.75) is 6.92 Å². The van der Waals surface area contributed by atoms with Gasteiger partial charge < -0.3 is 14.0 Å². The molecule has 6 nitrogen and oxygen atoms in total. The first kappa shape index (κ1) is 18.2. The second-order valence-corrected chi connectivity index (χ2v) is 4.43. The molecular formula is C17H22N4O2. The Hall–Kier alpha value is -2.89. The van der Waals surface area contributed by atoms with Crippen LogP contribution in [0.4, 0.5) is 0 Å². The zero-order valence-electron chi connectivity index (χ0n) is 13.9. The highest BCUT2D eigenvalue weighted by Crippen LogP contribution is 2.00. The third-order valence-electron chi connectivity index (χ3n) is 2.65. The van der Waals surface area contributed by atoms with E-state index in [0.29, 0.717) is 11.9 Å². The van der Waals surface area contributed by atoms with E-state index in [2.05, 4.69) is 34.0 Å². The van der Waals surface area contributed by atoms with E-state index in [1.807, 2.05) is 31.4 Å². The minimum absolute atomic E-state index is 0.549. The second-order valence-electron chi connectivity index (χ2n) is 4.43. The van der Waals surface area contributed by atoms with E-state index in [9.17, 15) is 0 Å². The summed E-state index contributed by atoms with van der Waals surface area (Å²) in [4.78, 5) is 11.5. The van der Waals surface area contributed by atoms with Crippen LogP contribution in [-0.4, -0.2) is 33.7 Å². The van der Waals surface area contributed by atoms with Crippen LogP contribution < -0.4 is 9.47 Å². The van der Waals surface area contributed by atoms with Gasteiger partial charge >= 0.3 is 0 Å². The maximum absolute atomic E-state index is 4.84. The van der Waals surface area contributed by atoms with Gasteiger partial charge in [-0.2, -0.15) is 0 Å². The topological polar surface area (TPSA) is 62.1 Å². The van der Waals surface area contributed by atoms with E-state index >= 15 is 0 Å². The molecule has 2 aromatic heterocycles. The lowest BCUT2D eigenvalue weighted by atomic mass is 10.2. The van der Waals surface area contributed by atoms with Crippen molar-refractivity contribution in [1.29, 1.82) is 0 Å². The Morgan fingerprint density at radius 2 is 1.65 bits per heavy atom. The average molecular weight is 314 g/mol. The number of ether oxygens (including phenoxy) is 2. The number of rotatable bonds is 2. The van der Waals surface area contributed by atoms with Crippen LogP contribution in [0.2, 0.25) is 0 Å². The summed E-state index contributed by atoms with van der Waals surface area (Å²) in [5, 5.41) is 0.